The summed E-state index contributed by atoms with van der Waals surface area (Å²) >= 11 is 0. The molecule has 0 aliphatic carbocycles. The Morgan fingerprint density at radius 1 is 1.03 bits per heavy atom. The van der Waals surface area contributed by atoms with Crippen LogP contribution in [0.2, 0.25) is 0 Å². The topological polar surface area (TPSA) is 87.7 Å². The van der Waals surface area contributed by atoms with E-state index >= 15 is 0 Å². The maximum atomic E-state index is 12.5. The third-order valence-electron chi connectivity index (χ3n) is 4.97. The van der Waals surface area contributed by atoms with E-state index in [2.05, 4.69) is 14.9 Å². The average molecular weight is 418 g/mol. The number of rotatable bonds is 6. The maximum Gasteiger partial charge on any atom is 0.328 e. The van der Waals surface area contributed by atoms with Crippen LogP contribution in [0.5, 0.6) is 0 Å². The Bertz CT molecular complexity index is 911. The average Bonchev–Trinajstić information content (AvgIpc) is 2.69. The van der Waals surface area contributed by atoms with Crippen molar-refractivity contribution in [3.63, 3.8) is 0 Å². The third kappa shape index (κ3) is 5.56. The molecule has 2 aromatic rings. The van der Waals surface area contributed by atoms with Crippen LogP contribution in [0.3, 0.4) is 0 Å². The first-order valence-corrected chi connectivity index (χ1v) is 11.1. The zero-order valence-electron chi connectivity index (χ0n) is 16.7. The van der Waals surface area contributed by atoms with Gasteiger partial charge in [0, 0.05) is 19.1 Å². The van der Waals surface area contributed by atoms with Crippen molar-refractivity contribution in [2.45, 2.75) is 30.8 Å². The number of ether oxygens (including phenoxy) is 1. The van der Waals surface area contributed by atoms with E-state index in [9.17, 15) is 13.2 Å². The number of hydrogen-bond acceptors (Lipinski definition) is 5. The van der Waals surface area contributed by atoms with Crippen molar-refractivity contribution >= 4 is 16.1 Å². The van der Waals surface area contributed by atoms with Crippen LogP contribution >= 0.6 is 0 Å². The molecule has 1 aliphatic heterocycles. The fourth-order valence-corrected chi connectivity index (χ4v) is 4.45. The predicted molar refractivity (Wildman–Crippen MR) is 111 cm³/mol. The lowest BCUT2D eigenvalue weighted by Gasteiger charge is -2.38. The number of nitrogens with zero attached hydrogens (tertiary/aromatic N) is 1. The van der Waals surface area contributed by atoms with Crippen molar-refractivity contribution in [3.8, 4) is 0 Å². The predicted octanol–water partition coefficient (Wildman–Crippen LogP) is 2.44. The molecule has 0 aromatic heterocycles. The Morgan fingerprint density at radius 2 is 1.66 bits per heavy atom. The molecule has 2 unspecified atom stereocenters. The number of amides is 2. The zero-order chi connectivity index (χ0) is 20.9. The Kier molecular flexibility index (Phi) is 6.89. The molecule has 2 N–H and O–H groups in total. The van der Waals surface area contributed by atoms with E-state index in [1.807, 2.05) is 44.2 Å². The molecule has 2 amide bonds. The molecule has 1 saturated heterocycles. The molecule has 1 heterocycles. The normalized spacial score (nSPS) is 17.3. The Morgan fingerprint density at radius 3 is 2.28 bits per heavy atom. The van der Waals surface area contributed by atoms with Gasteiger partial charge in [0.1, 0.15) is 0 Å². The summed E-state index contributed by atoms with van der Waals surface area (Å²) in [7, 11) is -3.93. The molecule has 0 radical (unpaired) electrons. The van der Waals surface area contributed by atoms with Crippen LogP contribution in [0.4, 0.5) is 4.79 Å². The van der Waals surface area contributed by atoms with Crippen molar-refractivity contribution in [1.29, 1.82) is 0 Å². The summed E-state index contributed by atoms with van der Waals surface area (Å²) in [6.07, 6.45) is 0. The molecule has 1 aliphatic rings. The van der Waals surface area contributed by atoms with Gasteiger partial charge >= 0.3 is 6.03 Å². The van der Waals surface area contributed by atoms with Crippen LogP contribution in [0.15, 0.2) is 59.5 Å². The van der Waals surface area contributed by atoms with E-state index < -0.39 is 16.1 Å². The second-order valence-electron chi connectivity index (χ2n) is 7.18. The Hall–Kier alpha value is -2.42. The van der Waals surface area contributed by atoms with Gasteiger partial charge in [-0.05, 0) is 31.5 Å². The van der Waals surface area contributed by atoms with Gasteiger partial charge in [0.15, 0.2) is 0 Å². The molecule has 7 nitrogen and oxygen atoms in total. The number of carbonyl (C=O) groups is 1. The van der Waals surface area contributed by atoms with Gasteiger partial charge in [-0.1, -0.05) is 48.0 Å². The summed E-state index contributed by atoms with van der Waals surface area (Å²) < 4.78 is 32.5. The van der Waals surface area contributed by atoms with Crippen LogP contribution in [-0.4, -0.2) is 51.7 Å². The maximum absolute atomic E-state index is 12.5. The van der Waals surface area contributed by atoms with Gasteiger partial charge in [-0.2, -0.15) is 0 Å². The lowest BCUT2D eigenvalue weighted by molar-refractivity contribution is 0.00967. The number of carbonyl (C=O) groups excluding carboxylic acids is 1. The van der Waals surface area contributed by atoms with Crippen molar-refractivity contribution in [2.24, 2.45) is 0 Å². The van der Waals surface area contributed by atoms with Gasteiger partial charge in [0.25, 0.3) is 10.0 Å². The minimum absolute atomic E-state index is 0.0543. The van der Waals surface area contributed by atoms with E-state index in [1.165, 1.54) is 12.1 Å². The minimum Gasteiger partial charge on any atom is -0.379 e. The number of benzene rings is 2. The lowest BCUT2D eigenvalue weighted by atomic mass is 9.98. The number of hydrogen-bond donors (Lipinski definition) is 2. The van der Waals surface area contributed by atoms with E-state index in [1.54, 1.807) is 12.1 Å². The van der Waals surface area contributed by atoms with Gasteiger partial charge in [0.05, 0.1) is 24.2 Å². The second-order valence-corrected chi connectivity index (χ2v) is 8.87. The summed E-state index contributed by atoms with van der Waals surface area (Å²) in [6.45, 7) is 6.50. The molecule has 1 fully saturated rings. The molecule has 2 aromatic carbocycles. The van der Waals surface area contributed by atoms with E-state index in [-0.39, 0.29) is 17.0 Å². The number of sulfonamides is 1. The fraction of sp³-hybridized carbons (Fsp3) is 0.381. The van der Waals surface area contributed by atoms with Crippen molar-refractivity contribution in [1.82, 2.24) is 14.9 Å². The number of urea groups is 1. The van der Waals surface area contributed by atoms with E-state index in [0.717, 1.165) is 24.2 Å². The van der Waals surface area contributed by atoms with Crippen LogP contribution in [-0.2, 0) is 14.8 Å². The van der Waals surface area contributed by atoms with Crippen molar-refractivity contribution in [2.75, 3.05) is 26.3 Å². The molecular formula is C21H27N3O4S. The highest BCUT2D eigenvalue weighted by molar-refractivity contribution is 7.90. The first-order chi connectivity index (χ1) is 13.9. The molecule has 156 valence electrons. The van der Waals surface area contributed by atoms with E-state index in [0.29, 0.717) is 13.2 Å². The third-order valence-corrected chi connectivity index (χ3v) is 6.32. The summed E-state index contributed by atoms with van der Waals surface area (Å²) in [5.74, 6) is 0. The molecule has 0 bridgehead atoms. The summed E-state index contributed by atoms with van der Waals surface area (Å²) in [4.78, 5) is 14.8. The van der Waals surface area contributed by atoms with Crippen LogP contribution in [0, 0.1) is 6.92 Å². The second kappa shape index (κ2) is 9.39. The number of nitrogens with one attached hydrogen (secondary N) is 2. The summed E-state index contributed by atoms with van der Waals surface area (Å²) in [6, 6.07) is 15.1. The van der Waals surface area contributed by atoms with E-state index in [4.69, 9.17) is 4.74 Å². The first-order valence-electron chi connectivity index (χ1n) is 9.63. The van der Waals surface area contributed by atoms with Gasteiger partial charge in [0.2, 0.25) is 0 Å². The summed E-state index contributed by atoms with van der Waals surface area (Å²) in [5.41, 5.74) is 2.00. The molecule has 2 atom stereocenters. The number of aryl methyl sites for hydroxylation is 1. The van der Waals surface area contributed by atoms with Crippen LogP contribution in [0.25, 0.3) is 0 Å². The highest BCUT2D eigenvalue weighted by Gasteiger charge is 2.29. The molecule has 0 saturated carbocycles. The first kappa shape index (κ1) is 21.3. The molecule has 3 rings (SSSR count). The van der Waals surface area contributed by atoms with Gasteiger partial charge in [-0.25, -0.2) is 17.9 Å². The number of morpholine rings is 1. The zero-order valence-corrected chi connectivity index (χ0v) is 17.5. The monoisotopic (exact) mass is 417 g/mol. The molecular weight excluding hydrogens is 390 g/mol. The molecule has 8 heteroatoms. The highest BCUT2D eigenvalue weighted by Crippen LogP contribution is 2.25. The summed E-state index contributed by atoms with van der Waals surface area (Å²) in [5, 5.41) is 2.80. The molecule has 29 heavy (non-hydrogen) atoms. The van der Waals surface area contributed by atoms with Gasteiger partial charge in [-0.15, -0.1) is 0 Å². The Labute approximate surface area is 172 Å². The standard InChI is InChI=1S/C21H27N3O4S/c1-16-8-10-19(11-9-16)29(26,27)23-21(25)22-17(2)20(18-6-4-3-5-7-18)24-12-14-28-15-13-24/h3-11,17,20H,12-15H2,1-2H3,(H2,22,23,25). The lowest BCUT2D eigenvalue weighted by Crippen LogP contribution is -2.51. The van der Waals surface area contributed by atoms with Crippen LogP contribution in [0.1, 0.15) is 24.1 Å². The van der Waals surface area contributed by atoms with Crippen molar-refractivity contribution < 1.29 is 17.9 Å². The SMILES string of the molecule is Cc1ccc(S(=O)(=O)NC(=O)NC(C)C(c2ccccc2)N2CCOCC2)cc1. The van der Waals surface area contributed by atoms with Gasteiger partial charge < -0.3 is 10.1 Å². The quantitative estimate of drug-likeness (QED) is 0.754. The fourth-order valence-electron chi connectivity index (χ4n) is 3.54. The minimum atomic E-state index is -3.93. The Balaban J connectivity index is 1.72. The molecule has 0 spiro atoms. The van der Waals surface area contributed by atoms with Crippen molar-refractivity contribution in [3.05, 3.63) is 65.7 Å². The largest absolute Gasteiger partial charge is 0.379 e. The van der Waals surface area contributed by atoms with Gasteiger partial charge in [-0.3, -0.25) is 4.90 Å². The highest BCUT2D eigenvalue weighted by atomic mass is 32.2. The van der Waals surface area contributed by atoms with Crippen LogP contribution < -0.4 is 10.0 Å². The smallest absolute Gasteiger partial charge is 0.328 e.